The molecule has 0 aliphatic rings. The van der Waals surface area contributed by atoms with Crippen LogP contribution in [0.1, 0.15) is 10.4 Å². The highest BCUT2D eigenvalue weighted by Crippen LogP contribution is 2.32. The van der Waals surface area contributed by atoms with Crippen LogP contribution >= 0.6 is 34.3 Å². The van der Waals surface area contributed by atoms with Crippen molar-refractivity contribution >= 4 is 45.3 Å². The fourth-order valence-corrected chi connectivity index (χ4v) is 3.54. The van der Waals surface area contributed by atoms with Crippen LogP contribution in [0.15, 0.2) is 40.6 Å². The van der Waals surface area contributed by atoms with E-state index in [4.69, 9.17) is 11.6 Å². The molecule has 3 aromatic rings. The average Bonchev–Trinajstić information content (AvgIpc) is 3.10. The number of rotatable bonds is 3. The number of halogens is 1. The van der Waals surface area contributed by atoms with Crippen molar-refractivity contribution in [1.82, 2.24) is 9.55 Å². The van der Waals surface area contributed by atoms with Gasteiger partial charge in [-0.2, -0.15) is 0 Å². The molecule has 3 rings (SSSR count). The van der Waals surface area contributed by atoms with Crippen LogP contribution in [0.25, 0.3) is 10.6 Å². The van der Waals surface area contributed by atoms with Crippen LogP contribution in [-0.2, 0) is 7.05 Å². The summed E-state index contributed by atoms with van der Waals surface area (Å²) in [6, 6.07) is 6.57. The highest BCUT2D eigenvalue weighted by Gasteiger charge is 2.11. The molecule has 0 aliphatic carbocycles. The Kier molecular flexibility index (Phi) is 4.10. The van der Waals surface area contributed by atoms with Gasteiger partial charge in [0.25, 0.3) is 11.5 Å². The normalized spacial score (nSPS) is 10.6. The summed E-state index contributed by atoms with van der Waals surface area (Å²) in [4.78, 5) is 29.0. The Balaban J connectivity index is 1.78. The van der Waals surface area contributed by atoms with E-state index in [9.17, 15) is 9.59 Å². The third-order valence-electron chi connectivity index (χ3n) is 2.92. The fourth-order valence-electron chi connectivity index (χ4n) is 1.76. The topological polar surface area (TPSA) is 64.0 Å². The highest BCUT2D eigenvalue weighted by atomic mass is 35.5. The van der Waals surface area contributed by atoms with Gasteiger partial charge in [0.1, 0.15) is 0 Å². The van der Waals surface area contributed by atoms with E-state index >= 15 is 0 Å². The summed E-state index contributed by atoms with van der Waals surface area (Å²) in [5.41, 5.74) is 0.834. The Morgan fingerprint density at radius 2 is 2.18 bits per heavy atom. The molecule has 0 aliphatic heterocycles. The predicted octanol–water partition coefficient (Wildman–Crippen LogP) is 3.48. The van der Waals surface area contributed by atoms with Crippen molar-refractivity contribution in [2.24, 2.45) is 7.05 Å². The van der Waals surface area contributed by atoms with Crippen LogP contribution in [0.2, 0.25) is 4.34 Å². The second-order valence-corrected chi connectivity index (χ2v) is 7.03. The van der Waals surface area contributed by atoms with E-state index in [1.54, 1.807) is 25.4 Å². The van der Waals surface area contributed by atoms with Gasteiger partial charge >= 0.3 is 0 Å². The summed E-state index contributed by atoms with van der Waals surface area (Å²) in [7, 11) is 1.63. The molecular weight excluding hydrogens is 342 g/mol. The van der Waals surface area contributed by atoms with Gasteiger partial charge in [-0.25, -0.2) is 4.98 Å². The first kappa shape index (κ1) is 15.0. The zero-order valence-electron chi connectivity index (χ0n) is 11.4. The van der Waals surface area contributed by atoms with Crippen LogP contribution in [0.3, 0.4) is 0 Å². The number of hydrogen-bond acceptors (Lipinski definition) is 5. The minimum absolute atomic E-state index is 0.235. The van der Waals surface area contributed by atoms with Gasteiger partial charge in [0.15, 0.2) is 5.13 Å². The Labute approximate surface area is 138 Å². The van der Waals surface area contributed by atoms with Gasteiger partial charge < -0.3 is 4.57 Å². The molecule has 0 atom stereocenters. The number of anilines is 1. The quantitative estimate of drug-likeness (QED) is 0.785. The number of aromatic nitrogens is 2. The van der Waals surface area contributed by atoms with Gasteiger partial charge in [-0.05, 0) is 18.2 Å². The molecule has 22 heavy (non-hydrogen) atoms. The fraction of sp³-hybridized carbons (Fsp3) is 0.0714. The van der Waals surface area contributed by atoms with Crippen molar-refractivity contribution in [3.8, 4) is 10.6 Å². The van der Waals surface area contributed by atoms with Crippen LogP contribution in [-0.4, -0.2) is 15.5 Å². The molecule has 3 aromatic heterocycles. The Morgan fingerprint density at radius 3 is 2.86 bits per heavy atom. The number of carbonyl (C=O) groups excluding carboxylic acids is 1. The largest absolute Gasteiger partial charge is 0.319 e. The monoisotopic (exact) mass is 351 g/mol. The number of nitrogens with zero attached hydrogens (tertiary/aromatic N) is 2. The molecule has 1 N–H and O–H groups in total. The molecule has 0 bridgehead atoms. The summed E-state index contributed by atoms with van der Waals surface area (Å²) in [6.07, 6.45) is 1.55. The maximum Gasteiger partial charge on any atom is 0.257 e. The van der Waals surface area contributed by atoms with Gasteiger partial charge in [-0.3, -0.25) is 14.9 Å². The van der Waals surface area contributed by atoms with Crippen LogP contribution < -0.4 is 10.9 Å². The highest BCUT2D eigenvalue weighted by molar-refractivity contribution is 7.20. The smallest absolute Gasteiger partial charge is 0.257 e. The number of thiazole rings is 1. The number of hydrogen-bond donors (Lipinski definition) is 1. The maximum atomic E-state index is 12.1. The van der Waals surface area contributed by atoms with Crippen LogP contribution in [0.5, 0.6) is 0 Å². The van der Waals surface area contributed by atoms with E-state index in [2.05, 4.69) is 10.3 Å². The van der Waals surface area contributed by atoms with E-state index < -0.39 is 0 Å². The first-order chi connectivity index (χ1) is 10.5. The van der Waals surface area contributed by atoms with E-state index in [0.717, 1.165) is 10.6 Å². The first-order valence-electron chi connectivity index (χ1n) is 6.22. The van der Waals surface area contributed by atoms with E-state index in [1.165, 1.54) is 33.3 Å². The molecule has 3 heterocycles. The molecular formula is C14H10ClN3O2S2. The van der Waals surface area contributed by atoms with E-state index in [0.29, 0.717) is 15.0 Å². The second-order valence-electron chi connectivity index (χ2n) is 4.46. The molecule has 8 heteroatoms. The van der Waals surface area contributed by atoms with Crippen molar-refractivity contribution < 1.29 is 4.79 Å². The lowest BCUT2D eigenvalue weighted by Crippen LogP contribution is -2.19. The summed E-state index contributed by atoms with van der Waals surface area (Å²) in [5.74, 6) is -0.359. The van der Waals surface area contributed by atoms with Gasteiger partial charge in [0.2, 0.25) is 0 Å². The molecule has 5 nitrogen and oxygen atoms in total. The zero-order valence-corrected chi connectivity index (χ0v) is 13.8. The third kappa shape index (κ3) is 3.11. The molecule has 0 spiro atoms. The Hall–Kier alpha value is -1.96. The zero-order chi connectivity index (χ0) is 15.7. The van der Waals surface area contributed by atoms with E-state index in [1.807, 2.05) is 11.4 Å². The molecule has 0 radical (unpaired) electrons. The first-order valence-corrected chi connectivity index (χ1v) is 8.29. The number of aryl methyl sites for hydroxylation is 1. The van der Waals surface area contributed by atoms with Gasteiger partial charge in [0.05, 0.1) is 14.9 Å². The standard InChI is InChI=1S/C14H10ClN3O2S2/c1-18-5-4-8(6-12(18)19)13(20)17-14-16-9(7-21-14)10-2-3-11(15)22-10/h2-7H,1H3,(H,16,17,20). The second kappa shape index (κ2) is 6.04. The molecule has 0 saturated carbocycles. The Bertz CT molecular complexity index is 897. The number of amides is 1. The number of carbonyl (C=O) groups is 1. The van der Waals surface area contributed by atoms with Crippen molar-refractivity contribution in [3.05, 3.63) is 56.1 Å². The van der Waals surface area contributed by atoms with Crippen molar-refractivity contribution in [2.75, 3.05) is 5.32 Å². The minimum Gasteiger partial charge on any atom is -0.319 e. The van der Waals surface area contributed by atoms with Gasteiger partial charge in [-0.1, -0.05) is 11.6 Å². The molecule has 0 unspecified atom stereocenters. The van der Waals surface area contributed by atoms with Crippen molar-refractivity contribution in [3.63, 3.8) is 0 Å². The molecule has 0 fully saturated rings. The predicted molar refractivity (Wildman–Crippen MR) is 90.1 cm³/mol. The average molecular weight is 352 g/mol. The molecule has 0 saturated heterocycles. The molecule has 0 aromatic carbocycles. The minimum atomic E-state index is -0.359. The van der Waals surface area contributed by atoms with E-state index in [-0.39, 0.29) is 11.5 Å². The summed E-state index contributed by atoms with van der Waals surface area (Å²) in [6.45, 7) is 0. The summed E-state index contributed by atoms with van der Waals surface area (Å²) >= 11 is 8.65. The van der Waals surface area contributed by atoms with Crippen molar-refractivity contribution in [1.29, 1.82) is 0 Å². The number of pyridine rings is 1. The van der Waals surface area contributed by atoms with Gasteiger partial charge in [-0.15, -0.1) is 22.7 Å². The number of nitrogens with one attached hydrogen (secondary N) is 1. The number of thiophene rings is 1. The van der Waals surface area contributed by atoms with Crippen molar-refractivity contribution in [2.45, 2.75) is 0 Å². The SMILES string of the molecule is Cn1ccc(C(=O)Nc2nc(-c3ccc(Cl)s3)cs2)cc1=O. The lowest BCUT2D eigenvalue weighted by atomic mass is 10.2. The van der Waals surface area contributed by atoms with Crippen LogP contribution in [0, 0.1) is 0 Å². The molecule has 1 amide bonds. The maximum absolute atomic E-state index is 12.1. The summed E-state index contributed by atoms with van der Waals surface area (Å²) in [5, 5.41) is 5.02. The Morgan fingerprint density at radius 1 is 1.36 bits per heavy atom. The lowest BCUT2D eigenvalue weighted by Gasteiger charge is -2.02. The van der Waals surface area contributed by atoms with Crippen LogP contribution in [0.4, 0.5) is 5.13 Å². The third-order valence-corrected chi connectivity index (χ3v) is 4.93. The van der Waals surface area contributed by atoms with Gasteiger partial charge in [0, 0.05) is 30.3 Å². The lowest BCUT2D eigenvalue weighted by molar-refractivity contribution is 0.102. The summed E-state index contributed by atoms with van der Waals surface area (Å²) < 4.78 is 2.09. The molecule has 112 valence electrons.